The van der Waals surface area contributed by atoms with Crippen molar-refractivity contribution >= 4 is 29.8 Å². The predicted octanol–water partition coefficient (Wildman–Crippen LogP) is 2.33. The highest BCUT2D eigenvalue weighted by molar-refractivity contribution is 6.32. The number of nitrogens with two attached hydrogens (primary N) is 1. The van der Waals surface area contributed by atoms with E-state index in [1.165, 1.54) is 51.6 Å². The molecule has 1 aliphatic carbocycles. The summed E-state index contributed by atoms with van der Waals surface area (Å²) in [4.78, 5) is 52.6. The van der Waals surface area contributed by atoms with Crippen molar-refractivity contribution in [2.45, 2.75) is 65.0 Å². The molecule has 0 saturated heterocycles. The van der Waals surface area contributed by atoms with E-state index in [4.69, 9.17) is 24.7 Å². The third-order valence-corrected chi connectivity index (χ3v) is 7.56. The molecule has 2 rings (SSSR count). The minimum atomic E-state index is -1.01. The number of ether oxygens (including phenoxy) is 4. The lowest BCUT2D eigenvalue weighted by atomic mass is 9.84. The number of carbonyl (C=O) groups is 4. The van der Waals surface area contributed by atoms with E-state index >= 15 is 0 Å². The van der Waals surface area contributed by atoms with Crippen molar-refractivity contribution in [3.63, 3.8) is 0 Å². The summed E-state index contributed by atoms with van der Waals surface area (Å²) in [5.41, 5.74) is 5.87. The first-order valence-electron chi connectivity index (χ1n) is 14.5. The zero-order valence-electron chi connectivity index (χ0n) is 27.5. The molecule has 2 aliphatic rings. The smallest absolute Gasteiger partial charge is 0.405 e. The largest absolute Gasteiger partial charge is 0.492 e. The molecule has 1 heterocycles. The molecular formula is C32H46N4O9. The molecule has 0 aromatic heterocycles. The van der Waals surface area contributed by atoms with Gasteiger partial charge in [0.1, 0.15) is 11.8 Å². The lowest BCUT2D eigenvalue weighted by Gasteiger charge is -2.30. The Kier molecular flexibility index (Phi) is 13.9. The molecular weight excluding hydrogens is 584 g/mol. The first-order valence-corrected chi connectivity index (χ1v) is 14.5. The van der Waals surface area contributed by atoms with E-state index in [-0.39, 0.29) is 40.5 Å². The minimum absolute atomic E-state index is 0.0919. The fraction of sp³-hybridized carbons (Fsp3) is 0.531. The molecule has 0 aromatic carbocycles. The molecule has 13 nitrogen and oxygen atoms in total. The highest BCUT2D eigenvalue weighted by Gasteiger charge is 2.37. The van der Waals surface area contributed by atoms with Crippen LogP contribution in [-0.4, -0.2) is 99.7 Å². The Balaban J connectivity index is 2.75. The first-order chi connectivity index (χ1) is 21.2. The summed E-state index contributed by atoms with van der Waals surface area (Å²) in [5, 5.41) is 19.4. The van der Waals surface area contributed by atoms with Crippen molar-refractivity contribution < 1.29 is 43.2 Å². The van der Waals surface area contributed by atoms with Crippen LogP contribution < -0.4 is 11.1 Å². The quantitative estimate of drug-likeness (QED) is 0.171. The fourth-order valence-electron chi connectivity index (χ4n) is 5.17. The fourth-order valence-corrected chi connectivity index (χ4v) is 5.17. The van der Waals surface area contributed by atoms with Crippen molar-refractivity contribution in [2.24, 2.45) is 22.7 Å². The number of hydrogen-bond donors (Lipinski definition) is 3. The maximum atomic E-state index is 13.9. The number of amides is 2. The monoisotopic (exact) mass is 630 g/mol. The summed E-state index contributed by atoms with van der Waals surface area (Å²) >= 11 is 0. The highest BCUT2D eigenvalue weighted by Crippen LogP contribution is 2.31. The number of carbonyl (C=O) groups excluding carboxylic acids is 4. The van der Waals surface area contributed by atoms with Crippen molar-refractivity contribution in [3.8, 4) is 0 Å². The van der Waals surface area contributed by atoms with Crippen molar-refractivity contribution in [1.29, 1.82) is 0 Å². The number of nitrogens with zero attached hydrogens (tertiary/aromatic N) is 2. The van der Waals surface area contributed by atoms with Gasteiger partial charge >= 0.3 is 6.09 Å². The van der Waals surface area contributed by atoms with Gasteiger partial charge in [-0.2, -0.15) is 5.10 Å². The molecule has 0 spiro atoms. The van der Waals surface area contributed by atoms with Gasteiger partial charge in [-0.1, -0.05) is 38.2 Å². The Labute approximate surface area is 264 Å². The average molecular weight is 631 g/mol. The van der Waals surface area contributed by atoms with E-state index in [2.05, 4.69) is 10.4 Å². The van der Waals surface area contributed by atoms with Crippen molar-refractivity contribution in [1.82, 2.24) is 10.3 Å². The summed E-state index contributed by atoms with van der Waals surface area (Å²) in [6.45, 7) is 6.90. The normalized spacial score (nSPS) is 30.8. The summed E-state index contributed by atoms with van der Waals surface area (Å²) in [5.74, 6) is -2.70. The molecule has 0 radical (unpaired) electrons. The molecule has 0 saturated carbocycles. The summed E-state index contributed by atoms with van der Waals surface area (Å²) < 4.78 is 22.0. The molecule has 2 bridgehead atoms. The molecule has 0 unspecified atom stereocenters. The van der Waals surface area contributed by atoms with Crippen LogP contribution in [0.25, 0.3) is 0 Å². The summed E-state index contributed by atoms with van der Waals surface area (Å²) in [6.07, 6.45) is 3.55. The number of Topliss-reactive ketones (excluding diaryl/α,β-unsaturated/α-hetero) is 2. The number of aliphatic hydroxyl groups is 1. The van der Waals surface area contributed by atoms with Gasteiger partial charge in [-0.15, -0.1) is 0 Å². The lowest BCUT2D eigenvalue weighted by Crippen LogP contribution is -2.38. The average Bonchev–Trinajstić information content (AvgIpc) is 2.98. The number of fused-ring (bicyclic) bond motifs is 2. The van der Waals surface area contributed by atoms with Gasteiger partial charge in [0.25, 0.3) is 5.91 Å². The number of rotatable bonds is 6. The SMILES string of the molecule is COC1=C2C[C@H](C)C[C@H](OC)[C@H](O)[C@H](C)/C=C(/C)[C@H](OC(N)=O)[C@H](OC)/C=C\C=C(\C)C(=O)NC(=C(/C=N/N(C)C)C1=O)C2=O. The van der Waals surface area contributed by atoms with Crippen LogP contribution in [0.4, 0.5) is 4.79 Å². The van der Waals surface area contributed by atoms with Crippen LogP contribution in [0.2, 0.25) is 0 Å². The maximum Gasteiger partial charge on any atom is 0.405 e. The van der Waals surface area contributed by atoms with E-state index in [0.717, 1.165) is 0 Å². The number of allylic oxidation sites excluding steroid dienone is 4. The molecule has 13 heteroatoms. The van der Waals surface area contributed by atoms with Crippen LogP contribution >= 0.6 is 0 Å². The van der Waals surface area contributed by atoms with Gasteiger partial charge in [0.2, 0.25) is 11.6 Å². The third kappa shape index (κ3) is 9.71. The maximum absolute atomic E-state index is 13.9. The molecule has 2 amide bonds. The van der Waals surface area contributed by atoms with Crippen LogP contribution in [0.3, 0.4) is 0 Å². The highest BCUT2D eigenvalue weighted by atomic mass is 16.6. The summed E-state index contributed by atoms with van der Waals surface area (Å²) in [6, 6.07) is 0. The number of methoxy groups -OCH3 is 3. The number of hydrazone groups is 1. The van der Waals surface area contributed by atoms with Gasteiger partial charge in [-0.05, 0) is 38.2 Å². The molecule has 4 N–H and O–H groups in total. The van der Waals surface area contributed by atoms with Crippen molar-refractivity contribution in [3.05, 3.63) is 58.1 Å². The van der Waals surface area contributed by atoms with Crippen LogP contribution in [0.1, 0.15) is 40.5 Å². The standard InChI is InChI=1S/C32H46N4O9/c1-17-13-21-27(38)25(22(16-34-36(5)6)28(39)30(21)44-9)35-31(40)18(2)11-10-12-23(42-7)29(45-32(33)41)20(4)15-19(3)26(37)24(14-17)43-8/h10-12,15-17,19,23-24,26,29,37H,13-14H2,1-9H3,(H2,33,41)(H,35,40)/b12-10-,18-11-,20-15-,34-16+/t17-,19+,23+,24-,26+,29-/m0/s1. The Morgan fingerprint density at radius 3 is 2.33 bits per heavy atom. The second-order valence-corrected chi connectivity index (χ2v) is 11.4. The van der Waals surface area contributed by atoms with Gasteiger partial charge in [0, 0.05) is 45.4 Å². The zero-order valence-corrected chi connectivity index (χ0v) is 27.5. The number of aliphatic hydroxyl groups excluding tert-OH is 1. The van der Waals surface area contributed by atoms with Crippen molar-refractivity contribution in [2.75, 3.05) is 35.4 Å². The molecule has 0 fully saturated rings. The molecule has 0 aromatic rings. The second kappa shape index (κ2) is 16.8. The minimum Gasteiger partial charge on any atom is -0.492 e. The molecule has 45 heavy (non-hydrogen) atoms. The Bertz CT molecular complexity index is 1330. The van der Waals surface area contributed by atoms with Gasteiger partial charge in [0.05, 0.1) is 31.1 Å². The van der Waals surface area contributed by atoms with Crippen LogP contribution in [0.15, 0.2) is 63.2 Å². The lowest BCUT2D eigenvalue weighted by molar-refractivity contribution is -0.121. The third-order valence-electron chi connectivity index (χ3n) is 7.56. The zero-order chi connectivity index (χ0) is 34.0. The topological polar surface area (TPSA) is 179 Å². The predicted molar refractivity (Wildman–Crippen MR) is 168 cm³/mol. The van der Waals surface area contributed by atoms with Crippen LogP contribution in [0, 0.1) is 11.8 Å². The van der Waals surface area contributed by atoms with Gasteiger partial charge < -0.3 is 40.1 Å². The first kappa shape index (κ1) is 37.1. The molecule has 1 aliphatic heterocycles. The number of nitrogens with one attached hydrogen (secondary N) is 1. The van der Waals surface area contributed by atoms with Crippen LogP contribution in [0.5, 0.6) is 0 Å². The van der Waals surface area contributed by atoms with Gasteiger partial charge in [-0.3, -0.25) is 14.4 Å². The number of primary amides is 1. The van der Waals surface area contributed by atoms with E-state index in [1.807, 2.05) is 6.92 Å². The number of hydrogen-bond acceptors (Lipinski definition) is 11. The summed E-state index contributed by atoms with van der Waals surface area (Å²) in [7, 11) is 7.49. The van der Waals surface area contributed by atoms with Gasteiger partial charge in [-0.25, -0.2) is 4.79 Å². The van der Waals surface area contributed by atoms with Gasteiger partial charge in [0.15, 0.2) is 11.9 Å². The molecule has 248 valence electrons. The molecule has 6 atom stereocenters. The van der Waals surface area contributed by atoms with E-state index in [9.17, 15) is 24.3 Å². The Morgan fingerprint density at radius 1 is 1.11 bits per heavy atom. The van der Waals surface area contributed by atoms with E-state index < -0.39 is 53.9 Å². The Hall–Kier alpha value is -4.07. The van der Waals surface area contributed by atoms with E-state index in [1.54, 1.807) is 40.1 Å². The Morgan fingerprint density at radius 2 is 1.78 bits per heavy atom. The second-order valence-electron chi connectivity index (χ2n) is 11.4. The van der Waals surface area contributed by atoms with Crippen LogP contribution in [-0.2, 0) is 33.3 Å². The van der Waals surface area contributed by atoms with E-state index in [0.29, 0.717) is 12.0 Å². The number of ketones is 2.